The first-order valence-corrected chi connectivity index (χ1v) is 6.12. The molecule has 0 spiro atoms. The van der Waals surface area contributed by atoms with Crippen molar-refractivity contribution in [2.24, 2.45) is 0 Å². The summed E-state index contributed by atoms with van der Waals surface area (Å²) in [6.45, 7) is 1.05. The lowest BCUT2D eigenvalue weighted by Gasteiger charge is -2.13. The first-order chi connectivity index (χ1) is 10.5. The number of ether oxygens (including phenoxy) is 1. The van der Waals surface area contributed by atoms with Gasteiger partial charge in [-0.3, -0.25) is 9.59 Å². The van der Waals surface area contributed by atoms with Crippen LogP contribution in [0.25, 0.3) is 0 Å². The van der Waals surface area contributed by atoms with Gasteiger partial charge in [0.25, 0.3) is 5.91 Å². The molecule has 10 heteroatoms. The molecule has 2 rings (SSSR count). The van der Waals surface area contributed by atoms with E-state index >= 15 is 0 Å². The molecule has 116 valence electrons. The molecule has 0 unspecified atom stereocenters. The number of esters is 1. The normalized spacial score (nSPS) is 11.8. The largest absolute Gasteiger partial charge is 0.451 e. The standard InChI is InChI=1S/C12H11F2N5O3/c1-7(22-11(20)5-19-6-15-17-18-19)12(21)16-10-3-2-8(13)4-9(10)14/h2-4,6-7H,5H2,1H3,(H,16,21)/t7-/m0/s1. The average Bonchev–Trinajstić information content (AvgIpc) is 2.94. The van der Waals surface area contributed by atoms with Crippen molar-refractivity contribution in [2.45, 2.75) is 19.6 Å². The fraction of sp³-hybridized carbons (Fsp3) is 0.250. The highest BCUT2D eigenvalue weighted by molar-refractivity contribution is 5.95. The third kappa shape index (κ3) is 4.04. The Kier molecular flexibility index (Phi) is 4.71. The number of aromatic nitrogens is 4. The summed E-state index contributed by atoms with van der Waals surface area (Å²) in [5, 5.41) is 12.3. The van der Waals surface area contributed by atoms with Gasteiger partial charge in [0, 0.05) is 6.07 Å². The second-order valence-electron chi connectivity index (χ2n) is 4.25. The lowest BCUT2D eigenvalue weighted by atomic mass is 10.2. The van der Waals surface area contributed by atoms with E-state index in [0.29, 0.717) is 6.07 Å². The number of hydrogen-bond donors (Lipinski definition) is 1. The number of nitrogens with zero attached hydrogens (tertiary/aromatic N) is 4. The van der Waals surface area contributed by atoms with E-state index in [9.17, 15) is 18.4 Å². The van der Waals surface area contributed by atoms with E-state index < -0.39 is 29.6 Å². The monoisotopic (exact) mass is 311 g/mol. The fourth-order valence-corrected chi connectivity index (χ4v) is 1.50. The maximum Gasteiger partial charge on any atom is 0.328 e. The van der Waals surface area contributed by atoms with Crippen LogP contribution in [0.3, 0.4) is 0 Å². The molecule has 0 aliphatic carbocycles. The number of tetrazole rings is 1. The molecule has 1 atom stereocenters. The van der Waals surface area contributed by atoms with E-state index in [2.05, 4.69) is 20.8 Å². The lowest BCUT2D eigenvalue weighted by Crippen LogP contribution is -2.31. The van der Waals surface area contributed by atoms with Gasteiger partial charge in [-0.15, -0.1) is 5.10 Å². The van der Waals surface area contributed by atoms with Crippen LogP contribution >= 0.6 is 0 Å². The van der Waals surface area contributed by atoms with Crippen LogP contribution in [-0.2, 0) is 20.9 Å². The quantitative estimate of drug-likeness (QED) is 0.808. The van der Waals surface area contributed by atoms with Gasteiger partial charge >= 0.3 is 5.97 Å². The van der Waals surface area contributed by atoms with Gasteiger partial charge in [-0.1, -0.05) is 0 Å². The van der Waals surface area contributed by atoms with Crippen LogP contribution < -0.4 is 5.32 Å². The van der Waals surface area contributed by atoms with Crippen LogP contribution in [-0.4, -0.2) is 38.2 Å². The summed E-state index contributed by atoms with van der Waals surface area (Å²) < 4.78 is 32.1. The number of amides is 1. The smallest absolute Gasteiger partial charge is 0.328 e. The third-order valence-electron chi connectivity index (χ3n) is 2.55. The van der Waals surface area contributed by atoms with Crippen molar-refractivity contribution in [3.63, 3.8) is 0 Å². The second-order valence-corrected chi connectivity index (χ2v) is 4.25. The van der Waals surface area contributed by atoms with Gasteiger partial charge in [-0.2, -0.15) is 0 Å². The molecular formula is C12H11F2N5O3. The van der Waals surface area contributed by atoms with Crippen LogP contribution in [0.5, 0.6) is 0 Å². The number of benzene rings is 1. The predicted molar refractivity (Wildman–Crippen MR) is 68.4 cm³/mol. The van der Waals surface area contributed by atoms with E-state index in [1.165, 1.54) is 13.3 Å². The van der Waals surface area contributed by atoms with Crippen LogP contribution in [0.4, 0.5) is 14.5 Å². The zero-order valence-electron chi connectivity index (χ0n) is 11.4. The molecule has 0 saturated heterocycles. The van der Waals surface area contributed by atoms with Gasteiger partial charge in [0.05, 0.1) is 5.69 Å². The SMILES string of the molecule is C[C@H](OC(=O)Cn1cnnn1)C(=O)Nc1ccc(F)cc1F. The third-order valence-corrected chi connectivity index (χ3v) is 2.55. The second kappa shape index (κ2) is 6.70. The minimum absolute atomic E-state index is 0.213. The highest BCUT2D eigenvalue weighted by atomic mass is 19.1. The van der Waals surface area contributed by atoms with E-state index in [0.717, 1.165) is 16.8 Å². The molecule has 0 aliphatic rings. The Bertz CT molecular complexity index is 677. The van der Waals surface area contributed by atoms with Crippen LogP contribution in [0.15, 0.2) is 24.5 Å². The molecule has 1 aromatic carbocycles. The molecule has 0 saturated carbocycles. The van der Waals surface area contributed by atoms with E-state index in [1.807, 2.05) is 0 Å². The van der Waals surface area contributed by atoms with Crippen LogP contribution in [0.2, 0.25) is 0 Å². The summed E-state index contributed by atoms with van der Waals surface area (Å²) in [5.74, 6) is -3.19. The molecule has 0 bridgehead atoms. The van der Waals surface area contributed by atoms with E-state index in [1.54, 1.807) is 0 Å². The minimum atomic E-state index is -1.17. The Labute approximate surface area is 123 Å². The zero-order chi connectivity index (χ0) is 16.1. The molecule has 2 aromatic rings. The van der Waals surface area contributed by atoms with Crippen LogP contribution in [0, 0.1) is 11.6 Å². The van der Waals surface area contributed by atoms with E-state index in [-0.39, 0.29) is 12.2 Å². The van der Waals surface area contributed by atoms with Crippen molar-refractivity contribution in [2.75, 3.05) is 5.32 Å². The highest BCUT2D eigenvalue weighted by Crippen LogP contribution is 2.15. The summed E-state index contributed by atoms with van der Waals surface area (Å²) in [6, 6.07) is 2.69. The highest BCUT2D eigenvalue weighted by Gasteiger charge is 2.19. The summed E-state index contributed by atoms with van der Waals surface area (Å²) in [4.78, 5) is 23.3. The number of halogens is 2. The maximum absolute atomic E-state index is 13.4. The van der Waals surface area contributed by atoms with Gasteiger partial charge < -0.3 is 10.1 Å². The Balaban J connectivity index is 1.90. The van der Waals surface area contributed by atoms with Gasteiger partial charge in [0.15, 0.2) is 6.10 Å². The predicted octanol–water partition coefficient (Wildman–Crippen LogP) is 0.522. The molecule has 1 aromatic heterocycles. The molecule has 1 heterocycles. The van der Waals surface area contributed by atoms with Crippen molar-refractivity contribution in [3.8, 4) is 0 Å². The molecule has 0 radical (unpaired) electrons. The molecular weight excluding hydrogens is 300 g/mol. The fourth-order valence-electron chi connectivity index (χ4n) is 1.50. The summed E-state index contributed by atoms with van der Waals surface area (Å²) in [6.07, 6.45) is 0.0355. The Morgan fingerprint density at radius 2 is 2.18 bits per heavy atom. The summed E-state index contributed by atoms with van der Waals surface area (Å²) in [7, 11) is 0. The number of rotatable bonds is 5. The van der Waals surface area contributed by atoms with Gasteiger partial charge in [0.1, 0.15) is 24.5 Å². The Morgan fingerprint density at radius 1 is 1.41 bits per heavy atom. The number of hydrogen-bond acceptors (Lipinski definition) is 6. The van der Waals surface area contributed by atoms with Crippen molar-refractivity contribution in [1.29, 1.82) is 0 Å². The van der Waals surface area contributed by atoms with Crippen LogP contribution in [0.1, 0.15) is 6.92 Å². The average molecular weight is 311 g/mol. The summed E-state index contributed by atoms with van der Waals surface area (Å²) in [5.41, 5.74) is -0.213. The first-order valence-electron chi connectivity index (χ1n) is 6.12. The molecule has 0 aliphatic heterocycles. The molecule has 8 nitrogen and oxygen atoms in total. The van der Waals surface area contributed by atoms with Crippen molar-refractivity contribution < 1.29 is 23.1 Å². The van der Waals surface area contributed by atoms with Crippen molar-refractivity contribution in [3.05, 3.63) is 36.2 Å². The topological polar surface area (TPSA) is 99.0 Å². The molecule has 22 heavy (non-hydrogen) atoms. The first kappa shape index (κ1) is 15.5. The molecule has 0 fully saturated rings. The Hall–Kier alpha value is -2.91. The van der Waals surface area contributed by atoms with E-state index in [4.69, 9.17) is 4.74 Å². The maximum atomic E-state index is 13.4. The molecule has 1 N–H and O–H groups in total. The van der Waals surface area contributed by atoms with Gasteiger partial charge in [-0.25, -0.2) is 13.5 Å². The summed E-state index contributed by atoms with van der Waals surface area (Å²) >= 11 is 0. The number of anilines is 1. The minimum Gasteiger partial charge on any atom is -0.451 e. The number of nitrogens with one attached hydrogen (secondary N) is 1. The lowest BCUT2D eigenvalue weighted by molar-refractivity contribution is -0.153. The van der Waals surface area contributed by atoms with Crippen molar-refractivity contribution >= 4 is 17.6 Å². The van der Waals surface area contributed by atoms with Gasteiger partial charge in [-0.05, 0) is 29.5 Å². The zero-order valence-corrected chi connectivity index (χ0v) is 11.4. The number of carbonyl (C=O) groups excluding carboxylic acids is 2. The molecule has 1 amide bonds. The van der Waals surface area contributed by atoms with Crippen molar-refractivity contribution in [1.82, 2.24) is 20.2 Å². The Morgan fingerprint density at radius 3 is 2.82 bits per heavy atom. The number of carbonyl (C=O) groups is 2. The van der Waals surface area contributed by atoms with Gasteiger partial charge in [0.2, 0.25) is 0 Å².